The minimum Gasteiger partial charge on any atom is -0.458 e. The first-order valence-electron chi connectivity index (χ1n) is 6.82. The maximum absolute atomic E-state index is 5.64. The van der Waals surface area contributed by atoms with Gasteiger partial charge in [-0.05, 0) is 55.8 Å². The summed E-state index contributed by atoms with van der Waals surface area (Å²) in [6, 6.07) is 0. The fraction of sp³-hybridized carbons (Fsp3) is 0.857. The van der Waals surface area contributed by atoms with Crippen LogP contribution in [0.25, 0.3) is 0 Å². The van der Waals surface area contributed by atoms with Gasteiger partial charge in [0.2, 0.25) is 0 Å². The third-order valence-corrected chi connectivity index (χ3v) is 6.08. The number of hydrogen-bond acceptors (Lipinski definition) is 1. The Morgan fingerprint density at radius 3 is 2.53 bits per heavy atom. The lowest BCUT2D eigenvalue weighted by Gasteiger charge is -2.30. The summed E-state index contributed by atoms with van der Waals surface area (Å²) in [5.41, 5.74) is 0. The van der Waals surface area contributed by atoms with E-state index in [1.54, 1.807) is 25.7 Å². The molecule has 80 valence electrons. The van der Waals surface area contributed by atoms with E-state index in [-0.39, 0.29) is 0 Å². The van der Waals surface area contributed by atoms with Crippen molar-refractivity contribution in [3.63, 3.8) is 0 Å². The monoisotopic (exact) mass is 202 g/mol. The van der Waals surface area contributed by atoms with Crippen molar-refractivity contribution in [3.8, 4) is 0 Å². The average Bonchev–Trinajstić information content (AvgIpc) is 2.71. The Balaban J connectivity index is 1.46. The molecule has 0 N–H and O–H groups in total. The minimum absolute atomic E-state index is 0.870. The molecule has 0 spiro atoms. The zero-order valence-electron chi connectivity index (χ0n) is 9.11. The van der Waals surface area contributed by atoms with E-state index in [4.69, 9.17) is 4.74 Å². The summed E-state index contributed by atoms with van der Waals surface area (Å²) in [5.74, 6) is 9.00. The number of ether oxygens (including phenoxy) is 1. The molecule has 5 aliphatic rings. The van der Waals surface area contributed by atoms with Gasteiger partial charge >= 0.3 is 0 Å². The average molecular weight is 202 g/mol. The summed E-state index contributed by atoms with van der Waals surface area (Å²) >= 11 is 0. The minimum atomic E-state index is 0.870. The molecule has 0 aromatic rings. The van der Waals surface area contributed by atoms with Crippen LogP contribution in [0.1, 0.15) is 38.5 Å². The van der Waals surface area contributed by atoms with Gasteiger partial charge in [0.15, 0.2) is 0 Å². The summed E-state index contributed by atoms with van der Waals surface area (Å²) in [7, 11) is 0. The van der Waals surface area contributed by atoms with Crippen LogP contribution in [0.5, 0.6) is 0 Å². The molecule has 0 aromatic heterocycles. The fourth-order valence-electron chi connectivity index (χ4n) is 5.51. The molecule has 6 unspecified atom stereocenters. The highest BCUT2D eigenvalue weighted by Crippen LogP contribution is 2.66. The predicted octanol–water partition coefficient (Wildman–Crippen LogP) is 3.32. The molecule has 0 aromatic carbocycles. The second kappa shape index (κ2) is 2.28. The second-order valence-corrected chi connectivity index (χ2v) is 6.61. The highest BCUT2D eigenvalue weighted by Gasteiger charge is 2.59. The second-order valence-electron chi connectivity index (χ2n) is 6.61. The van der Waals surface area contributed by atoms with Crippen LogP contribution in [-0.2, 0) is 4.74 Å². The van der Waals surface area contributed by atoms with Crippen LogP contribution in [-0.4, -0.2) is 0 Å². The zero-order chi connectivity index (χ0) is 9.57. The van der Waals surface area contributed by atoms with E-state index in [9.17, 15) is 0 Å². The molecule has 3 saturated carbocycles. The number of rotatable bonds is 1. The van der Waals surface area contributed by atoms with E-state index in [1.807, 2.05) is 0 Å². The van der Waals surface area contributed by atoms with Gasteiger partial charge in [-0.3, -0.25) is 0 Å². The van der Waals surface area contributed by atoms with Gasteiger partial charge in [-0.15, -0.1) is 0 Å². The van der Waals surface area contributed by atoms with Gasteiger partial charge in [-0.25, -0.2) is 0 Å². The first-order valence-corrected chi connectivity index (χ1v) is 6.82. The molecule has 0 saturated heterocycles. The maximum atomic E-state index is 5.64. The first-order chi connectivity index (χ1) is 7.40. The summed E-state index contributed by atoms with van der Waals surface area (Å²) in [6.45, 7) is 0. The summed E-state index contributed by atoms with van der Waals surface area (Å²) < 4.78 is 5.64. The first kappa shape index (κ1) is 7.76. The topological polar surface area (TPSA) is 12.5 Å². The van der Waals surface area contributed by atoms with Gasteiger partial charge in [-0.1, -0.05) is 6.42 Å². The lowest BCUT2D eigenvalue weighted by Crippen LogP contribution is -2.24. The number of hydrogen-bond donors (Lipinski definition) is 0. The molecule has 3 fully saturated rings. The van der Waals surface area contributed by atoms with E-state index in [0.717, 1.165) is 35.5 Å². The molecular formula is C14H18O. The predicted molar refractivity (Wildman–Crippen MR) is 56.8 cm³/mol. The lowest BCUT2D eigenvalue weighted by atomic mass is 9.74. The van der Waals surface area contributed by atoms with Crippen LogP contribution < -0.4 is 0 Å². The van der Waals surface area contributed by atoms with Crippen LogP contribution in [0.3, 0.4) is 0 Å². The smallest absolute Gasteiger partial charge is 0.146 e. The van der Waals surface area contributed by atoms with Crippen LogP contribution in [0, 0.1) is 35.5 Å². The molecule has 0 amide bonds. The van der Waals surface area contributed by atoms with E-state index in [2.05, 4.69) is 0 Å². The van der Waals surface area contributed by atoms with Gasteiger partial charge in [-0.2, -0.15) is 0 Å². The Morgan fingerprint density at radius 1 is 0.867 bits per heavy atom. The van der Waals surface area contributed by atoms with Crippen molar-refractivity contribution < 1.29 is 4.74 Å². The van der Waals surface area contributed by atoms with E-state index in [1.165, 1.54) is 24.4 Å². The molecule has 15 heavy (non-hydrogen) atoms. The van der Waals surface area contributed by atoms with Crippen molar-refractivity contribution in [1.29, 1.82) is 0 Å². The highest BCUT2D eigenvalue weighted by molar-refractivity contribution is 5.34. The number of fused-ring (bicyclic) bond motifs is 6. The Kier molecular flexibility index (Phi) is 1.18. The third-order valence-electron chi connectivity index (χ3n) is 6.08. The van der Waals surface area contributed by atoms with Crippen molar-refractivity contribution in [2.75, 3.05) is 0 Å². The molecule has 1 heteroatoms. The maximum Gasteiger partial charge on any atom is 0.146 e. The highest BCUT2D eigenvalue weighted by atomic mass is 16.6. The van der Waals surface area contributed by atoms with E-state index in [0.29, 0.717) is 0 Å². The quantitative estimate of drug-likeness (QED) is 0.635. The lowest BCUT2D eigenvalue weighted by molar-refractivity contribution is 0.190. The van der Waals surface area contributed by atoms with Crippen molar-refractivity contribution in [2.45, 2.75) is 38.5 Å². The van der Waals surface area contributed by atoms with Gasteiger partial charge in [0.25, 0.3) is 0 Å². The molecule has 4 aliphatic carbocycles. The molecule has 4 bridgehead atoms. The largest absolute Gasteiger partial charge is 0.458 e. The fourth-order valence-corrected chi connectivity index (χ4v) is 5.51. The van der Waals surface area contributed by atoms with Gasteiger partial charge < -0.3 is 4.74 Å². The van der Waals surface area contributed by atoms with Gasteiger partial charge in [0, 0.05) is 11.8 Å². The van der Waals surface area contributed by atoms with Crippen molar-refractivity contribution >= 4 is 0 Å². The summed E-state index contributed by atoms with van der Waals surface area (Å²) in [6.07, 6.45) is 9.19. The molecular weight excluding hydrogens is 184 g/mol. The summed E-state index contributed by atoms with van der Waals surface area (Å²) in [5, 5.41) is 0. The van der Waals surface area contributed by atoms with Crippen LogP contribution in [0.4, 0.5) is 0 Å². The SMILES string of the molecule is C1CC2CC1CC2C1CC2CC1C1=C2O1. The Hall–Kier alpha value is -0.460. The van der Waals surface area contributed by atoms with Crippen molar-refractivity contribution in [2.24, 2.45) is 35.5 Å². The van der Waals surface area contributed by atoms with Crippen LogP contribution in [0.2, 0.25) is 0 Å². The molecule has 1 nitrogen and oxygen atoms in total. The third kappa shape index (κ3) is 0.832. The molecule has 6 atom stereocenters. The normalized spacial score (nSPS) is 58.7. The van der Waals surface area contributed by atoms with Crippen molar-refractivity contribution in [1.82, 2.24) is 0 Å². The molecule has 1 heterocycles. The zero-order valence-corrected chi connectivity index (χ0v) is 9.11. The Morgan fingerprint density at radius 2 is 1.87 bits per heavy atom. The van der Waals surface area contributed by atoms with Crippen LogP contribution >= 0.6 is 0 Å². The Bertz CT molecular complexity index is 370. The number of allylic oxidation sites excluding steroid dienone is 2. The standard InChI is InChI=1S/C14H18O/c1-2-8-3-7(1)4-10(8)11-5-9-6-12(11)14-13(9)15-14/h7-12H,1-6H2. The van der Waals surface area contributed by atoms with Crippen LogP contribution in [0.15, 0.2) is 11.5 Å². The van der Waals surface area contributed by atoms with E-state index < -0.39 is 0 Å². The molecule has 1 aliphatic heterocycles. The molecule has 5 rings (SSSR count). The molecule has 0 radical (unpaired) electrons. The van der Waals surface area contributed by atoms with Gasteiger partial charge in [0.1, 0.15) is 11.5 Å². The summed E-state index contributed by atoms with van der Waals surface area (Å²) in [4.78, 5) is 0. The Labute approximate surface area is 90.9 Å². The van der Waals surface area contributed by atoms with Crippen molar-refractivity contribution in [3.05, 3.63) is 11.5 Å². The van der Waals surface area contributed by atoms with Gasteiger partial charge in [0.05, 0.1) is 0 Å². The van der Waals surface area contributed by atoms with E-state index >= 15 is 0 Å².